The van der Waals surface area contributed by atoms with Gasteiger partial charge in [0.2, 0.25) is 0 Å². The van der Waals surface area contributed by atoms with E-state index in [1.807, 2.05) is 36.9 Å². The van der Waals surface area contributed by atoms with Crippen LogP contribution in [0.2, 0.25) is 0 Å². The summed E-state index contributed by atoms with van der Waals surface area (Å²) in [7, 11) is 0. The first kappa shape index (κ1) is 21.2. The molecule has 0 amide bonds. The second-order valence-electron chi connectivity index (χ2n) is 7.98. The number of hydrogen-bond donors (Lipinski definition) is 0. The van der Waals surface area contributed by atoms with E-state index in [1.165, 1.54) is 32.7 Å². The number of rotatable bonds is 7. The van der Waals surface area contributed by atoms with Crippen LogP contribution in [0, 0.1) is 0 Å². The SMILES string of the molecule is C/C(=C\C=C(/C)C(c1cccnc1)c1cccs1)C(C1=CC=CCC1)c1cccnc1. The molecule has 0 bridgehead atoms. The quantitative estimate of drug-likeness (QED) is 0.364. The second kappa shape index (κ2) is 10.3. The Kier molecular flexibility index (Phi) is 7.06. The summed E-state index contributed by atoms with van der Waals surface area (Å²) < 4.78 is 0. The maximum Gasteiger partial charge on any atom is 0.0408 e. The van der Waals surface area contributed by atoms with Crippen molar-refractivity contribution < 1.29 is 0 Å². The fourth-order valence-corrected chi connectivity index (χ4v) is 5.22. The first-order valence-corrected chi connectivity index (χ1v) is 11.7. The summed E-state index contributed by atoms with van der Waals surface area (Å²) in [5, 5.41) is 2.15. The maximum atomic E-state index is 4.39. The third-order valence-electron chi connectivity index (χ3n) is 5.80. The van der Waals surface area contributed by atoms with E-state index in [2.05, 4.69) is 83.8 Å². The Morgan fingerprint density at radius 1 is 0.903 bits per heavy atom. The summed E-state index contributed by atoms with van der Waals surface area (Å²) >= 11 is 1.80. The van der Waals surface area contributed by atoms with Gasteiger partial charge in [-0.2, -0.15) is 0 Å². The van der Waals surface area contributed by atoms with Gasteiger partial charge in [-0.3, -0.25) is 9.97 Å². The van der Waals surface area contributed by atoms with Crippen molar-refractivity contribution in [1.82, 2.24) is 9.97 Å². The zero-order valence-corrected chi connectivity index (χ0v) is 18.9. The average Bonchev–Trinajstić information content (AvgIpc) is 3.34. The van der Waals surface area contributed by atoms with Gasteiger partial charge in [0.15, 0.2) is 0 Å². The van der Waals surface area contributed by atoms with Crippen molar-refractivity contribution in [3.8, 4) is 0 Å². The van der Waals surface area contributed by atoms with E-state index in [9.17, 15) is 0 Å². The minimum absolute atomic E-state index is 0.228. The van der Waals surface area contributed by atoms with Crippen molar-refractivity contribution >= 4 is 11.3 Å². The lowest BCUT2D eigenvalue weighted by Gasteiger charge is -2.23. The lowest BCUT2D eigenvalue weighted by Crippen LogP contribution is -2.07. The zero-order valence-electron chi connectivity index (χ0n) is 18.1. The predicted octanol–water partition coefficient (Wildman–Crippen LogP) is 7.62. The van der Waals surface area contributed by atoms with Gasteiger partial charge in [-0.25, -0.2) is 0 Å². The van der Waals surface area contributed by atoms with Gasteiger partial charge in [-0.15, -0.1) is 11.3 Å². The fourth-order valence-electron chi connectivity index (χ4n) is 4.29. The third kappa shape index (κ3) is 5.18. The number of pyridine rings is 2. The van der Waals surface area contributed by atoms with E-state index in [0.717, 1.165) is 12.8 Å². The summed E-state index contributed by atoms with van der Waals surface area (Å²) in [5.41, 5.74) is 6.60. The van der Waals surface area contributed by atoms with Crippen LogP contribution in [-0.4, -0.2) is 9.97 Å². The highest BCUT2D eigenvalue weighted by Gasteiger charge is 2.20. The largest absolute Gasteiger partial charge is 0.264 e. The van der Waals surface area contributed by atoms with Crippen LogP contribution in [0.4, 0.5) is 0 Å². The molecule has 0 aliphatic heterocycles. The Balaban J connectivity index is 1.69. The first-order valence-electron chi connectivity index (χ1n) is 10.8. The average molecular weight is 425 g/mol. The summed E-state index contributed by atoms with van der Waals surface area (Å²) in [6.45, 7) is 4.47. The smallest absolute Gasteiger partial charge is 0.0408 e. The first-order chi connectivity index (χ1) is 15.2. The molecule has 0 saturated heterocycles. The molecule has 4 rings (SSSR count). The number of aromatic nitrogens is 2. The minimum atomic E-state index is 0.228. The molecule has 156 valence electrons. The molecule has 31 heavy (non-hydrogen) atoms. The van der Waals surface area contributed by atoms with Crippen LogP contribution in [0.25, 0.3) is 0 Å². The van der Waals surface area contributed by atoms with Crippen molar-refractivity contribution in [2.75, 3.05) is 0 Å². The number of allylic oxidation sites excluding steroid dienone is 8. The van der Waals surface area contributed by atoms with E-state index in [1.54, 1.807) is 11.3 Å². The van der Waals surface area contributed by atoms with Gasteiger partial charge >= 0.3 is 0 Å². The molecule has 0 saturated carbocycles. The highest BCUT2D eigenvalue weighted by Crippen LogP contribution is 2.37. The molecule has 3 aromatic heterocycles. The van der Waals surface area contributed by atoms with Gasteiger partial charge in [0.25, 0.3) is 0 Å². The van der Waals surface area contributed by atoms with E-state index < -0.39 is 0 Å². The molecule has 3 heteroatoms. The number of hydrogen-bond acceptors (Lipinski definition) is 3. The minimum Gasteiger partial charge on any atom is -0.264 e. The van der Waals surface area contributed by atoms with Gasteiger partial charge in [0.1, 0.15) is 0 Å². The number of thiophene rings is 1. The van der Waals surface area contributed by atoms with Crippen molar-refractivity contribution in [3.63, 3.8) is 0 Å². The lowest BCUT2D eigenvalue weighted by molar-refractivity contribution is 0.813. The molecule has 2 atom stereocenters. The Bertz CT molecular complexity index is 1090. The predicted molar refractivity (Wildman–Crippen MR) is 131 cm³/mol. The van der Waals surface area contributed by atoms with Gasteiger partial charge in [0.05, 0.1) is 0 Å². The topological polar surface area (TPSA) is 25.8 Å². The van der Waals surface area contributed by atoms with Crippen molar-refractivity contribution in [2.45, 2.75) is 38.5 Å². The second-order valence-corrected chi connectivity index (χ2v) is 8.96. The Morgan fingerprint density at radius 2 is 1.58 bits per heavy atom. The van der Waals surface area contributed by atoms with Crippen molar-refractivity contribution in [1.29, 1.82) is 0 Å². The molecule has 0 N–H and O–H groups in total. The van der Waals surface area contributed by atoms with Crippen LogP contribution < -0.4 is 0 Å². The van der Waals surface area contributed by atoms with E-state index in [-0.39, 0.29) is 11.8 Å². The normalized spacial score (nSPS) is 16.6. The van der Waals surface area contributed by atoms with Crippen LogP contribution in [-0.2, 0) is 0 Å². The monoisotopic (exact) mass is 424 g/mol. The lowest BCUT2D eigenvalue weighted by atomic mass is 9.82. The van der Waals surface area contributed by atoms with E-state index >= 15 is 0 Å². The summed E-state index contributed by atoms with van der Waals surface area (Å²) in [6, 6.07) is 12.8. The summed E-state index contributed by atoms with van der Waals surface area (Å²) in [5.74, 6) is 0.493. The van der Waals surface area contributed by atoms with Crippen LogP contribution in [0.3, 0.4) is 0 Å². The molecule has 1 aliphatic rings. The standard InChI is InChI=1S/C28H28N2S/c1-21(27(23-9-4-3-5-10-23)24-11-6-16-29-19-24)14-15-22(2)28(26-13-8-18-31-26)25-12-7-17-30-20-25/h3-4,6-9,11-20,27-28H,5,10H2,1-2H3/b21-14+,22-15+. The third-order valence-corrected chi connectivity index (χ3v) is 6.74. The van der Waals surface area contributed by atoms with Crippen LogP contribution in [0.1, 0.15) is 54.5 Å². The zero-order chi connectivity index (χ0) is 21.5. The molecule has 1 aliphatic carbocycles. The van der Waals surface area contributed by atoms with Crippen molar-refractivity contribution in [2.24, 2.45) is 0 Å². The number of nitrogens with zero attached hydrogens (tertiary/aromatic N) is 2. The molecular formula is C28H28N2S. The highest BCUT2D eigenvalue weighted by atomic mass is 32.1. The van der Waals surface area contributed by atoms with Crippen LogP contribution in [0.5, 0.6) is 0 Å². The van der Waals surface area contributed by atoms with Crippen LogP contribution >= 0.6 is 11.3 Å². The molecule has 3 aromatic rings. The van der Waals surface area contributed by atoms with Gasteiger partial charge < -0.3 is 0 Å². The summed E-state index contributed by atoms with van der Waals surface area (Å²) in [6.07, 6.45) is 21.2. The maximum absolute atomic E-state index is 4.39. The highest BCUT2D eigenvalue weighted by molar-refractivity contribution is 7.10. The Hall–Kier alpha value is -3.04. The molecule has 0 radical (unpaired) electrons. The molecular weight excluding hydrogens is 396 g/mol. The fraction of sp³-hybridized carbons (Fsp3) is 0.214. The Labute approximate surface area is 189 Å². The molecule has 2 unspecified atom stereocenters. The van der Waals surface area contributed by atoms with Crippen molar-refractivity contribution in [3.05, 3.63) is 130 Å². The van der Waals surface area contributed by atoms with Gasteiger partial charge in [0, 0.05) is 41.5 Å². The van der Waals surface area contributed by atoms with Gasteiger partial charge in [-0.05, 0) is 61.4 Å². The Morgan fingerprint density at radius 3 is 2.13 bits per heavy atom. The molecule has 2 nitrogen and oxygen atoms in total. The van der Waals surface area contributed by atoms with E-state index in [0.29, 0.717) is 0 Å². The molecule has 0 fully saturated rings. The van der Waals surface area contributed by atoms with Crippen LogP contribution in [0.15, 0.2) is 114 Å². The van der Waals surface area contributed by atoms with E-state index in [4.69, 9.17) is 0 Å². The molecule has 3 heterocycles. The molecule has 0 spiro atoms. The summed E-state index contributed by atoms with van der Waals surface area (Å²) in [4.78, 5) is 10.1. The molecule has 0 aromatic carbocycles. The van der Waals surface area contributed by atoms with Gasteiger partial charge in [-0.1, -0.05) is 65.3 Å².